The number of ketones is 1. The molecule has 0 radical (unpaired) electrons. The summed E-state index contributed by atoms with van der Waals surface area (Å²) in [4.78, 5) is 26.9. The molecule has 0 bridgehead atoms. The number of esters is 1. The monoisotopic (exact) mass is 386 g/mol. The van der Waals surface area contributed by atoms with Gasteiger partial charge in [0, 0.05) is 12.8 Å². The van der Waals surface area contributed by atoms with Gasteiger partial charge in [-0.25, -0.2) is 0 Å². The highest BCUT2D eigenvalue weighted by atomic mass is 16.5. The molecule has 4 aliphatic rings. The Bertz CT molecular complexity index is 715. The third kappa shape index (κ3) is 2.98. The van der Waals surface area contributed by atoms with E-state index in [-0.39, 0.29) is 29.2 Å². The standard InChI is InChI=1S/C23H34N2O3/c1-14(26)28-16-8-10-22(2)15(12-16)4-5-17-18-6-7-20(21(27)13-25-24)23(18,3)11-9-19(17)22/h13,15-20H,4-12H2,1-3H3/t15?,16-,17-,18-,19-,20+,22-,23-/m0/s1. The van der Waals surface area contributed by atoms with Gasteiger partial charge in [0.25, 0.3) is 0 Å². The summed E-state index contributed by atoms with van der Waals surface area (Å²) in [7, 11) is 0. The SMILES string of the molecule is CC(=O)O[C@H]1CC[C@@]2(C)C(CC[C@H]3[C@@H]4CC[C@H](C(=O)C=[N+]=[N-])[C@@]4(C)CC[C@@H]32)C1. The molecule has 0 aliphatic heterocycles. The van der Waals surface area contributed by atoms with E-state index in [1.807, 2.05) is 0 Å². The maximum absolute atomic E-state index is 12.5. The van der Waals surface area contributed by atoms with Crippen molar-refractivity contribution < 1.29 is 19.1 Å². The predicted molar refractivity (Wildman–Crippen MR) is 105 cm³/mol. The highest BCUT2D eigenvalue weighted by Gasteiger charge is 2.61. The van der Waals surface area contributed by atoms with E-state index in [4.69, 9.17) is 10.3 Å². The minimum atomic E-state index is -0.149. The number of nitrogens with zero attached hydrogens (tertiary/aromatic N) is 2. The van der Waals surface area contributed by atoms with Crippen molar-refractivity contribution in [3.8, 4) is 0 Å². The van der Waals surface area contributed by atoms with Crippen LogP contribution in [0.15, 0.2) is 0 Å². The van der Waals surface area contributed by atoms with E-state index < -0.39 is 0 Å². The van der Waals surface area contributed by atoms with Gasteiger partial charge in [-0.05, 0) is 92.3 Å². The second-order valence-electron chi connectivity index (χ2n) is 10.5. The number of rotatable bonds is 3. The number of hydrogen-bond acceptors (Lipinski definition) is 3. The van der Waals surface area contributed by atoms with Crippen LogP contribution in [-0.4, -0.2) is 28.9 Å². The van der Waals surface area contributed by atoms with Gasteiger partial charge in [0.2, 0.25) is 5.78 Å². The first-order chi connectivity index (χ1) is 13.3. The lowest BCUT2D eigenvalue weighted by molar-refractivity contribution is -0.160. The largest absolute Gasteiger partial charge is 0.463 e. The molecule has 0 saturated heterocycles. The lowest BCUT2D eigenvalue weighted by Crippen LogP contribution is -2.54. The van der Waals surface area contributed by atoms with E-state index in [9.17, 15) is 9.59 Å². The maximum Gasteiger partial charge on any atom is 0.323 e. The van der Waals surface area contributed by atoms with Gasteiger partial charge in [-0.3, -0.25) is 9.59 Å². The van der Waals surface area contributed by atoms with Crippen LogP contribution < -0.4 is 0 Å². The molecule has 28 heavy (non-hydrogen) atoms. The average Bonchev–Trinajstić information content (AvgIpc) is 2.99. The zero-order valence-electron chi connectivity index (χ0n) is 17.5. The lowest BCUT2D eigenvalue weighted by atomic mass is 9.44. The highest BCUT2D eigenvalue weighted by molar-refractivity contribution is 6.26. The molecule has 1 unspecified atom stereocenters. The summed E-state index contributed by atoms with van der Waals surface area (Å²) in [5.41, 5.74) is 9.22. The van der Waals surface area contributed by atoms with Crippen molar-refractivity contribution in [3.63, 3.8) is 0 Å². The van der Waals surface area contributed by atoms with Gasteiger partial charge in [0.05, 0.1) is 0 Å². The molecule has 0 aromatic rings. The summed E-state index contributed by atoms with van der Waals surface area (Å²) in [6.45, 7) is 6.34. The first-order valence-electron chi connectivity index (χ1n) is 11.2. The molecule has 0 spiro atoms. The molecule has 4 aliphatic carbocycles. The first-order valence-corrected chi connectivity index (χ1v) is 11.2. The molecular weight excluding hydrogens is 352 g/mol. The van der Waals surface area contributed by atoms with Gasteiger partial charge in [-0.1, -0.05) is 13.8 Å². The Morgan fingerprint density at radius 1 is 1.00 bits per heavy atom. The molecule has 4 saturated carbocycles. The summed E-state index contributed by atoms with van der Waals surface area (Å²) in [6, 6.07) is 0. The van der Waals surface area contributed by atoms with Crippen molar-refractivity contribution in [1.29, 1.82) is 0 Å². The van der Waals surface area contributed by atoms with Crippen LogP contribution in [0.5, 0.6) is 0 Å². The summed E-state index contributed by atoms with van der Waals surface area (Å²) >= 11 is 0. The Labute approximate surface area is 168 Å². The van der Waals surface area contributed by atoms with Crippen molar-refractivity contribution in [2.45, 2.75) is 84.7 Å². The maximum atomic E-state index is 12.5. The zero-order chi connectivity index (χ0) is 20.1. The normalized spacial score (nSPS) is 47.1. The molecule has 0 heterocycles. The summed E-state index contributed by atoms with van der Waals surface area (Å²) in [5, 5.41) is 0. The van der Waals surface area contributed by atoms with Crippen molar-refractivity contribution in [2.24, 2.45) is 40.4 Å². The van der Waals surface area contributed by atoms with Crippen molar-refractivity contribution in [1.82, 2.24) is 0 Å². The fourth-order valence-corrected chi connectivity index (χ4v) is 8.17. The Morgan fingerprint density at radius 2 is 1.71 bits per heavy atom. The molecule has 0 N–H and O–H groups in total. The number of fused-ring (bicyclic) bond motifs is 5. The molecule has 4 rings (SSSR count). The van der Waals surface area contributed by atoms with E-state index in [0.29, 0.717) is 23.2 Å². The second-order valence-corrected chi connectivity index (χ2v) is 10.5. The number of carbonyl (C=O) groups excluding carboxylic acids is 2. The van der Waals surface area contributed by atoms with Gasteiger partial charge < -0.3 is 10.3 Å². The van der Waals surface area contributed by atoms with E-state index >= 15 is 0 Å². The first kappa shape index (κ1) is 19.8. The van der Waals surface area contributed by atoms with Crippen LogP contribution in [0, 0.1) is 40.4 Å². The number of carbonyl (C=O) groups is 2. The van der Waals surface area contributed by atoms with Gasteiger partial charge in [0.1, 0.15) is 6.10 Å². The lowest BCUT2D eigenvalue weighted by Gasteiger charge is -2.60. The number of Topliss-reactive ketones (excluding diaryl/α,β-unsaturated/α-hetero) is 1. The molecule has 8 atom stereocenters. The zero-order valence-corrected chi connectivity index (χ0v) is 17.5. The molecule has 0 aromatic heterocycles. The second kappa shape index (κ2) is 7.09. The van der Waals surface area contributed by atoms with Crippen LogP contribution in [-0.2, 0) is 14.3 Å². The summed E-state index contributed by atoms with van der Waals surface area (Å²) < 4.78 is 5.56. The quantitative estimate of drug-likeness (QED) is 0.311. The Kier molecular flexibility index (Phi) is 5.02. The number of hydrogen-bond donors (Lipinski definition) is 0. The van der Waals surface area contributed by atoms with Crippen LogP contribution >= 0.6 is 0 Å². The van der Waals surface area contributed by atoms with Gasteiger partial charge in [-0.2, -0.15) is 4.79 Å². The molecule has 5 heteroatoms. The summed E-state index contributed by atoms with van der Waals surface area (Å²) in [6.07, 6.45) is 11.2. The van der Waals surface area contributed by atoms with Crippen molar-refractivity contribution in [2.75, 3.05) is 0 Å². The van der Waals surface area contributed by atoms with E-state index in [1.54, 1.807) is 0 Å². The molecular formula is C23H34N2O3. The summed E-state index contributed by atoms with van der Waals surface area (Å²) in [5.74, 6) is 2.56. The van der Waals surface area contributed by atoms with Crippen molar-refractivity contribution in [3.05, 3.63) is 5.53 Å². The Hall–Kier alpha value is -1.48. The molecule has 0 aromatic carbocycles. The van der Waals surface area contributed by atoms with E-state index in [1.165, 1.54) is 26.2 Å². The van der Waals surface area contributed by atoms with Crippen LogP contribution in [0.25, 0.3) is 5.53 Å². The Balaban J connectivity index is 1.53. The van der Waals surface area contributed by atoms with Crippen LogP contribution in [0.3, 0.4) is 0 Å². The fraction of sp³-hybridized carbons (Fsp3) is 0.870. The third-order valence-corrected chi connectivity index (χ3v) is 9.48. The van der Waals surface area contributed by atoms with Crippen LogP contribution in [0.2, 0.25) is 0 Å². The Morgan fingerprint density at radius 3 is 2.43 bits per heavy atom. The average molecular weight is 387 g/mol. The minimum absolute atomic E-state index is 0.00716. The predicted octanol–water partition coefficient (Wildman–Crippen LogP) is 4.45. The smallest absolute Gasteiger partial charge is 0.323 e. The third-order valence-electron chi connectivity index (χ3n) is 9.48. The minimum Gasteiger partial charge on any atom is -0.463 e. The molecule has 0 amide bonds. The van der Waals surface area contributed by atoms with Crippen LogP contribution in [0.1, 0.15) is 78.6 Å². The van der Waals surface area contributed by atoms with E-state index in [0.717, 1.165) is 50.7 Å². The van der Waals surface area contributed by atoms with Gasteiger partial charge in [-0.15, -0.1) is 0 Å². The van der Waals surface area contributed by atoms with E-state index in [2.05, 4.69) is 18.6 Å². The fourth-order valence-electron chi connectivity index (χ4n) is 8.17. The topological polar surface area (TPSA) is 79.8 Å². The molecule has 154 valence electrons. The highest BCUT2D eigenvalue weighted by Crippen LogP contribution is 2.67. The molecule has 5 nitrogen and oxygen atoms in total. The number of ether oxygens (including phenoxy) is 1. The molecule has 4 fully saturated rings. The van der Waals surface area contributed by atoms with Crippen molar-refractivity contribution >= 4 is 18.0 Å². The van der Waals surface area contributed by atoms with Gasteiger partial charge >= 0.3 is 12.2 Å². The van der Waals surface area contributed by atoms with Crippen LogP contribution in [0.4, 0.5) is 0 Å². The van der Waals surface area contributed by atoms with Gasteiger partial charge in [0.15, 0.2) is 0 Å².